The Labute approximate surface area is 134 Å². The molecule has 0 amide bonds. The van der Waals surface area contributed by atoms with Crippen LogP contribution in [0.2, 0.25) is 0 Å². The molecule has 1 heterocycles. The summed E-state index contributed by atoms with van der Waals surface area (Å²) in [6, 6.07) is 18.7. The van der Waals surface area contributed by atoms with Crippen LogP contribution in [0.3, 0.4) is 0 Å². The van der Waals surface area contributed by atoms with E-state index in [4.69, 9.17) is 5.14 Å². The molecule has 0 aliphatic heterocycles. The van der Waals surface area contributed by atoms with E-state index >= 15 is 0 Å². The summed E-state index contributed by atoms with van der Waals surface area (Å²) in [5.41, 5.74) is 2.50. The fraction of sp³-hybridized carbons (Fsp3) is 0.235. The summed E-state index contributed by atoms with van der Waals surface area (Å²) in [5.74, 6) is 0. The zero-order chi connectivity index (χ0) is 14.9. The molecule has 0 atom stereocenters. The summed E-state index contributed by atoms with van der Waals surface area (Å²) < 4.78 is 2.12. The summed E-state index contributed by atoms with van der Waals surface area (Å²) >= 11 is 2.83. The van der Waals surface area contributed by atoms with Gasteiger partial charge < -0.3 is 0 Å². The second-order valence-corrected chi connectivity index (χ2v) is 6.57. The first-order chi connectivity index (χ1) is 10.3. The van der Waals surface area contributed by atoms with Crippen LogP contribution in [0.5, 0.6) is 0 Å². The van der Waals surface area contributed by atoms with E-state index in [-0.39, 0.29) is 0 Å². The maximum atomic E-state index is 5.38. The highest BCUT2D eigenvalue weighted by Crippen LogP contribution is 2.25. The third kappa shape index (κ3) is 5.16. The van der Waals surface area contributed by atoms with Gasteiger partial charge in [-0.2, -0.15) is 0 Å². The summed E-state index contributed by atoms with van der Waals surface area (Å²) in [4.78, 5) is 4.29. The monoisotopic (exact) mass is 316 g/mol. The van der Waals surface area contributed by atoms with Gasteiger partial charge in [0.2, 0.25) is 0 Å². The Morgan fingerprint density at radius 2 is 1.76 bits per heavy atom. The molecule has 21 heavy (non-hydrogen) atoms. The number of nitrogens with zero attached hydrogens (tertiary/aromatic N) is 1. The van der Waals surface area contributed by atoms with E-state index in [1.54, 1.807) is 11.3 Å². The number of hydrogen-bond donors (Lipinski definition) is 1. The molecule has 0 bridgehead atoms. The van der Waals surface area contributed by atoms with Crippen LogP contribution >= 0.6 is 23.3 Å². The SMILES string of the molecule is CCCCc1ccccc1.NSc1nc2ccccc2s1. The van der Waals surface area contributed by atoms with E-state index in [0.717, 1.165) is 9.86 Å². The maximum Gasteiger partial charge on any atom is 0.165 e. The largest absolute Gasteiger partial charge is 0.272 e. The third-order valence-corrected chi connectivity index (χ3v) is 4.70. The normalized spacial score (nSPS) is 10.2. The molecular weight excluding hydrogens is 296 g/mol. The van der Waals surface area contributed by atoms with Gasteiger partial charge in [-0.3, -0.25) is 5.14 Å². The number of aromatic nitrogens is 1. The van der Waals surface area contributed by atoms with E-state index in [1.807, 2.05) is 24.3 Å². The van der Waals surface area contributed by atoms with Crippen molar-refractivity contribution in [2.24, 2.45) is 5.14 Å². The number of rotatable bonds is 4. The number of para-hydroxylation sites is 1. The van der Waals surface area contributed by atoms with E-state index in [2.05, 4.69) is 42.2 Å². The zero-order valence-corrected chi connectivity index (χ0v) is 13.8. The van der Waals surface area contributed by atoms with Crippen LogP contribution in [0.15, 0.2) is 58.9 Å². The van der Waals surface area contributed by atoms with Gasteiger partial charge in [-0.05, 0) is 42.5 Å². The Kier molecular flexibility index (Phi) is 6.73. The van der Waals surface area contributed by atoms with Crippen molar-refractivity contribution >= 4 is 33.5 Å². The lowest BCUT2D eigenvalue weighted by Gasteiger charge is -1.96. The Morgan fingerprint density at radius 1 is 1.05 bits per heavy atom. The van der Waals surface area contributed by atoms with Gasteiger partial charge in [-0.15, -0.1) is 11.3 Å². The first-order valence-corrected chi connectivity index (χ1v) is 8.79. The maximum absolute atomic E-state index is 5.38. The summed E-state index contributed by atoms with van der Waals surface area (Å²) in [7, 11) is 0. The van der Waals surface area contributed by atoms with Gasteiger partial charge in [-0.1, -0.05) is 55.8 Å². The van der Waals surface area contributed by atoms with E-state index in [1.165, 1.54) is 41.5 Å². The minimum atomic E-state index is 0.922. The Morgan fingerprint density at radius 3 is 2.43 bits per heavy atom. The Hall–Kier alpha value is -1.36. The van der Waals surface area contributed by atoms with Gasteiger partial charge in [0.05, 0.1) is 10.2 Å². The van der Waals surface area contributed by atoms with Crippen LogP contribution in [0.1, 0.15) is 25.3 Å². The molecule has 0 aliphatic rings. The van der Waals surface area contributed by atoms with Crippen LogP contribution in [-0.4, -0.2) is 4.98 Å². The van der Waals surface area contributed by atoms with Gasteiger partial charge in [0.15, 0.2) is 4.34 Å². The number of aryl methyl sites for hydroxylation is 1. The highest BCUT2D eigenvalue weighted by molar-refractivity contribution is 7.99. The molecular formula is C17H20N2S2. The lowest BCUT2D eigenvalue weighted by molar-refractivity contribution is 0.795. The summed E-state index contributed by atoms with van der Waals surface area (Å²) in [5, 5.41) is 5.38. The van der Waals surface area contributed by atoms with Crippen LogP contribution in [0, 0.1) is 0 Å². The third-order valence-electron chi connectivity index (χ3n) is 3.04. The quantitative estimate of drug-likeness (QED) is 0.665. The average Bonchev–Trinajstić information content (AvgIpc) is 2.98. The lowest BCUT2D eigenvalue weighted by atomic mass is 10.1. The minimum absolute atomic E-state index is 0.922. The second-order valence-electron chi connectivity index (χ2n) is 4.65. The van der Waals surface area contributed by atoms with Crippen LogP contribution in [0.25, 0.3) is 10.2 Å². The molecule has 0 radical (unpaired) electrons. The van der Waals surface area contributed by atoms with Gasteiger partial charge in [-0.25, -0.2) is 4.98 Å². The number of fused-ring (bicyclic) bond motifs is 1. The molecule has 0 saturated heterocycles. The molecule has 2 aromatic carbocycles. The van der Waals surface area contributed by atoms with Crippen LogP contribution in [0.4, 0.5) is 0 Å². The molecule has 3 rings (SSSR count). The van der Waals surface area contributed by atoms with Crippen LogP contribution in [-0.2, 0) is 6.42 Å². The number of nitrogens with two attached hydrogens (primary N) is 1. The highest BCUT2D eigenvalue weighted by Gasteiger charge is 1.99. The standard InChI is InChI=1S/C10H14.C7H6N2S2/c1-2-3-7-10-8-5-4-6-9-10;8-11-7-9-5-3-1-2-4-6(5)10-7/h4-6,8-9H,2-3,7H2,1H3;1-4H,8H2. The summed E-state index contributed by atoms with van der Waals surface area (Å²) in [6.45, 7) is 2.23. The summed E-state index contributed by atoms with van der Waals surface area (Å²) in [6.07, 6.45) is 3.83. The number of hydrogen-bond acceptors (Lipinski definition) is 4. The van der Waals surface area contributed by atoms with Crippen molar-refractivity contribution in [2.75, 3.05) is 0 Å². The Balaban J connectivity index is 0.000000155. The molecule has 0 spiro atoms. The van der Waals surface area contributed by atoms with E-state index in [9.17, 15) is 0 Å². The lowest BCUT2D eigenvalue weighted by Crippen LogP contribution is -1.81. The van der Waals surface area contributed by atoms with Gasteiger partial charge in [0.1, 0.15) is 0 Å². The van der Waals surface area contributed by atoms with Gasteiger partial charge in [0, 0.05) is 0 Å². The van der Waals surface area contributed by atoms with Gasteiger partial charge >= 0.3 is 0 Å². The molecule has 0 saturated carbocycles. The molecule has 2 N–H and O–H groups in total. The van der Waals surface area contributed by atoms with Crippen LogP contribution < -0.4 is 5.14 Å². The molecule has 1 aromatic heterocycles. The molecule has 110 valence electrons. The molecule has 2 nitrogen and oxygen atoms in total. The van der Waals surface area contributed by atoms with E-state index < -0.39 is 0 Å². The first-order valence-electron chi connectivity index (χ1n) is 7.09. The zero-order valence-electron chi connectivity index (χ0n) is 12.2. The topological polar surface area (TPSA) is 38.9 Å². The smallest absolute Gasteiger partial charge is 0.165 e. The van der Waals surface area contributed by atoms with E-state index in [0.29, 0.717) is 0 Å². The van der Waals surface area contributed by atoms with Gasteiger partial charge in [0.25, 0.3) is 0 Å². The number of unbranched alkanes of at least 4 members (excludes halogenated alkanes) is 1. The predicted octanol–water partition coefficient (Wildman–Crippen LogP) is 5.29. The fourth-order valence-corrected chi connectivity index (χ4v) is 3.24. The molecule has 0 fully saturated rings. The number of benzene rings is 2. The highest BCUT2D eigenvalue weighted by atomic mass is 32.2. The van der Waals surface area contributed by atoms with Crippen molar-refractivity contribution in [3.8, 4) is 0 Å². The second kappa shape index (κ2) is 8.82. The fourth-order valence-electron chi connectivity index (χ4n) is 1.93. The van der Waals surface area contributed by atoms with Crippen molar-refractivity contribution in [3.63, 3.8) is 0 Å². The van der Waals surface area contributed by atoms with Crippen molar-refractivity contribution < 1.29 is 0 Å². The van der Waals surface area contributed by atoms with Crippen molar-refractivity contribution in [1.29, 1.82) is 0 Å². The van der Waals surface area contributed by atoms with Crippen molar-refractivity contribution in [1.82, 2.24) is 4.98 Å². The van der Waals surface area contributed by atoms with Crippen molar-refractivity contribution in [3.05, 3.63) is 60.2 Å². The molecule has 4 heteroatoms. The number of thiazole rings is 1. The minimum Gasteiger partial charge on any atom is -0.272 e. The Bertz CT molecular complexity index is 617. The molecule has 0 unspecified atom stereocenters. The van der Waals surface area contributed by atoms with Crippen molar-refractivity contribution in [2.45, 2.75) is 30.5 Å². The average molecular weight is 316 g/mol. The predicted molar refractivity (Wildman–Crippen MR) is 94.7 cm³/mol. The first kappa shape index (κ1) is 16.0. The molecule has 0 aliphatic carbocycles. The molecule has 3 aromatic rings.